The third-order valence-electron chi connectivity index (χ3n) is 1.38. The molecule has 0 radical (unpaired) electrons. The van der Waals surface area contributed by atoms with Crippen LogP contribution in [0.1, 0.15) is 6.92 Å². The molecule has 4 nitrogen and oxygen atoms in total. The lowest BCUT2D eigenvalue weighted by atomic mass is 10.1. The zero-order valence-electron chi connectivity index (χ0n) is 6.61. The average Bonchev–Trinajstić information content (AvgIpc) is 1.94. The number of nitrogens with one attached hydrogen (secondary N) is 1. The van der Waals surface area contributed by atoms with Gasteiger partial charge in [-0.15, -0.1) is 0 Å². The molecular formula is C8H10NO3+. The predicted octanol–water partition coefficient (Wildman–Crippen LogP) is -1.57. The van der Waals surface area contributed by atoms with Crippen LogP contribution in [0.5, 0.6) is 0 Å². The largest absolute Gasteiger partial charge is 0.464 e. The smallest absolute Gasteiger partial charge is 0.331 e. The van der Waals surface area contributed by atoms with E-state index >= 15 is 0 Å². The molecule has 0 heterocycles. The maximum absolute atomic E-state index is 10.7. The summed E-state index contributed by atoms with van der Waals surface area (Å²) in [6, 6.07) is 0. The molecule has 0 amide bonds. The summed E-state index contributed by atoms with van der Waals surface area (Å²) in [5.74, 6) is -0.293. The summed E-state index contributed by atoms with van der Waals surface area (Å²) in [5.41, 5.74) is -1.44. The monoisotopic (exact) mass is 168 g/mol. The molecule has 4 heteroatoms. The van der Waals surface area contributed by atoms with Crippen molar-refractivity contribution in [1.82, 2.24) is 0 Å². The lowest BCUT2D eigenvalue weighted by Crippen LogP contribution is -2.86. The Morgan fingerprint density at radius 3 is 2.42 bits per heavy atom. The Morgan fingerprint density at radius 2 is 2.00 bits per heavy atom. The summed E-state index contributed by atoms with van der Waals surface area (Å²) in [6.07, 6.45) is 5.01. The van der Waals surface area contributed by atoms with Crippen LogP contribution in [0, 0.1) is 0 Å². The Labute approximate surface area is 69.6 Å². The minimum absolute atomic E-state index is 0.110. The van der Waals surface area contributed by atoms with Gasteiger partial charge in [0, 0.05) is 12.2 Å². The SMILES string of the molecule is CC(O)=[NH+]C1(O)C=CC(=O)C=C1. The van der Waals surface area contributed by atoms with Crippen molar-refractivity contribution >= 4 is 11.7 Å². The predicted molar refractivity (Wildman–Crippen MR) is 42.5 cm³/mol. The normalized spacial score (nSPS) is 21.5. The van der Waals surface area contributed by atoms with E-state index < -0.39 is 5.72 Å². The second-order valence-corrected chi connectivity index (χ2v) is 2.60. The molecule has 1 aliphatic carbocycles. The Bertz CT molecular complexity index is 269. The van der Waals surface area contributed by atoms with Crippen LogP contribution in [0.25, 0.3) is 0 Å². The first kappa shape index (κ1) is 8.67. The molecule has 1 rings (SSSR count). The van der Waals surface area contributed by atoms with E-state index in [2.05, 4.69) is 4.99 Å². The van der Waals surface area contributed by atoms with E-state index in [1.807, 2.05) is 0 Å². The van der Waals surface area contributed by atoms with Crippen LogP contribution in [-0.4, -0.2) is 27.6 Å². The van der Waals surface area contributed by atoms with E-state index in [1.165, 1.54) is 31.2 Å². The molecule has 0 bridgehead atoms. The van der Waals surface area contributed by atoms with Crippen molar-refractivity contribution in [2.75, 3.05) is 0 Å². The molecule has 0 aromatic heterocycles. The minimum atomic E-state index is -1.44. The van der Waals surface area contributed by atoms with Crippen LogP contribution in [-0.2, 0) is 4.79 Å². The fraction of sp³-hybridized carbons (Fsp3) is 0.250. The minimum Gasteiger partial charge on any atom is -0.464 e. The number of aliphatic hydroxyl groups is 2. The van der Waals surface area contributed by atoms with Gasteiger partial charge in [-0.2, -0.15) is 4.99 Å². The van der Waals surface area contributed by atoms with Gasteiger partial charge in [0.05, 0.1) is 6.92 Å². The number of allylic oxidation sites excluding steroid dienone is 2. The highest BCUT2D eigenvalue weighted by Gasteiger charge is 2.28. The van der Waals surface area contributed by atoms with Gasteiger partial charge in [0.2, 0.25) is 0 Å². The summed E-state index contributed by atoms with van der Waals surface area (Å²) in [7, 11) is 0. The number of rotatable bonds is 1. The number of ketones is 1. The van der Waals surface area contributed by atoms with Crippen molar-refractivity contribution in [3.63, 3.8) is 0 Å². The zero-order chi connectivity index (χ0) is 9.19. The lowest BCUT2D eigenvalue weighted by Gasteiger charge is -2.10. The van der Waals surface area contributed by atoms with Crippen molar-refractivity contribution in [3.05, 3.63) is 24.3 Å². The van der Waals surface area contributed by atoms with Crippen molar-refractivity contribution in [2.45, 2.75) is 12.6 Å². The highest BCUT2D eigenvalue weighted by Crippen LogP contribution is 2.03. The Hall–Kier alpha value is -1.42. The van der Waals surface area contributed by atoms with Gasteiger partial charge in [-0.1, -0.05) is 0 Å². The van der Waals surface area contributed by atoms with Crippen molar-refractivity contribution in [1.29, 1.82) is 0 Å². The molecule has 0 saturated carbocycles. The van der Waals surface area contributed by atoms with Crippen molar-refractivity contribution in [2.24, 2.45) is 0 Å². The number of carbonyl (C=O) groups is 1. The summed E-state index contributed by atoms with van der Waals surface area (Å²) < 4.78 is 0. The Balaban J connectivity index is 2.89. The van der Waals surface area contributed by atoms with Gasteiger partial charge in [0.25, 0.3) is 0 Å². The molecule has 12 heavy (non-hydrogen) atoms. The topological polar surface area (TPSA) is 71.5 Å². The second kappa shape index (κ2) is 2.91. The number of hydrogen-bond acceptors (Lipinski definition) is 2. The fourth-order valence-corrected chi connectivity index (χ4v) is 0.903. The Kier molecular flexibility index (Phi) is 2.10. The first-order valence-electron chi connectivity index (χ1n) is 3.47. The van der Waals surface area contributed by atoms with Gasteiger partial charge < -0.3 is 10.2 Å². The molecule has 0 fully saturated rings. The maximum atomic E-state index is 10.7. The summed E-state index contributed by atoms with van der Waals surface area (Å²) in [5, 5.41) is 18.4. The molecule has 1 aliphatic rings. The van der Waals surface area contributed by atoms with Crippen molar-refractivity contribution < 1.29 is 20.0 Å². The molecule has 0 aromatic rings. The fourth-order valence-electron chi connectivity index (χ4n) is 0.903. The van der Waals surface area contributed by atoms with Crippen LogP contribution >= 0.6 is 0 Å². The van der Waals surface area contributed by atoms with Gasteiger partial charge >= 0.3 is 11.6 Å². The van der Waals surface area contributed by atoms with Crippen LogP contribution in [0.2, 0.25) is 0 Å². The first-order chi connectivity index (χ1) is 5.52. The molecule has 64 valence electrons. The van der Waals surface area contributed by atoms with Gasteiger partial charge in [-0.3, -0.25) is 4.79 Å². The van der Waals surface area contributed by atoms with Gasteiger partial charge in [-0.05, 0) is 12.2 Å². The third-order valence-corrected chi connectivity index (χ3v) is 1.38. The van der Waals surface area contributed by atoms with Crippen molar-refractivity contribution in [3.8, 4) is 0 Å². The molecular weight excluding hydrogens is 158 g/mol. The average molecular weight is 168 g/mol. The van der Waals surface area contributed by atoms with E-state index in [0.717, 1.165) is 0 Å². The summed E-state index contributed by atoms with van der Waals surface area (Å²) in [4.78, 5) is 13.0. The van der Waals surface area contributed by atoms with Crippen LogP contribution in [0.4, 0.5) is 0 Å². The molecule has 0 aromatic carbocycles. The Morgan fingerprint density at radius 1 is 1.50 bits per heavy atom. The van der Waals surface area contributed by atoms with E-state index in [-0.39, 0.29) is 11.7 Å². The second-order valence-electron chi connectivity index (χ2n) is 2.60. The molecule has 0 aliphatic heterocycles. The number of aliphatic hydroxyl groups excluding tert-OH is 1. The van der Waals surface area contributed by atoms with E-state index in [9.17, 15) is 9.90 Å². The van der Waals surface area contributed by atoms with E-state index in [4.69, 9.17) is 5.11 Å². The molecule has 3 N–H and O–H groups in total. The van der Waals surface area contributed by atoms with E-state index in [0.29, 0.717) is 0 Å². The summed E-state index contributed by atoms with van der Waals surface area (Å²) in [6.45, 7) is 1.40. The van der Waals surface area contributed by atoms with Gasteiger partial charge in [0.15, 0.2) is 5.78 Å². The maximum Gasteiger partial charge on any atom is 0.331 e. The summed E-state index contributed by atoms with van der Waals surface area (Å²) >= 11 is 0. The first-order valence-corrected chi connectivity index (χ1v) is 3.47. The van der Waals surface area contributed by atoms with Crippen LogP contribution < -0.4 is 4.99 Å². The molecule has 0 unspecified atom stereocenters. The van der Waals surface area contributed by atoms with E-state index in [1.54, 1.807) is 0 Å². The zero-order valence-corrected chi connectivity index (χ0v) is 6.61. The van der Waals surface area contributed by atoms with Crippen LogP contribution in [0.15, 0.2) is 24.3 Å². The molecule has 0 atom stereocenters. The molecule has 0 saturated heterocycles. The van der Waals surface area contributed by atoms with Gasteiger partial charge in [0.1, 0.15) is 0 Å². The highest BCUT2D eigenvalue weighted by atomic mass is 16.3. The van der Waals surface area contributed by atoms with Gasteiger partial charge in [-0.25, -0.2) is 0 Å². The number of carbonyl (C=O) groups excluding carboxylic acids is 1. The quantitative estimate of drug-likeness (QED) is 0.251. The lowest BCUT2D eigenvalue weighted by molar-refractivity contribution is -0.584. The molecule has 0 spiro atoms. The van der Waals surface area contributed by atoms with Crippen LogP contribution in [0.3, 0.4) is 0 Å². The third kappa shape index (κ3) is 2.03. The highest BCUT2D eigenvalue weighted by molar-refractivity contribution is 6.00. The standard InChI is InChI=1S/C8H9NO3/c1-6(10)9-8(12)4-2-7(11)3-5-8/h2-5,12H,1H3,(H,9,10)/p+1. The number of hydrogen-bond donors (Lipinski definition) is 3.